The van der Waals surface area contributed by atoms with Crippen LogP contribution in [0.1, 0.15) is 74.8 Å². The minimum absolute atomic E-state index is 0.0878. The number of fused-ring (bicyclic) bond motifs is 1. The lowest BCUT2D eigenvalue weighted by Crippen LogP contribution is -2.48. The summed E-state index contributed by atoms with van der Waals surface area (Å²) in [7, 11) is -3.45. The predicted octanol–water partition coefficient (Wildman–Crippen LogP) is 7.85. The Bertz CT molecular complexity index is 958. The SMILES string of the molecule is CC(=O)N1N=C(c2ccccc2)[C@@H]2N=N/C(=C(\O[Si](C(C)C)(C(C)C)C(C)C)C(C)(C)C)[P@]21. The average molecular weight is 487 g/mol. The Morgan fingerprint density at radius 3 is 2.03 bits per heavy atom. The zero-order chi connectivity index (χ0) is 24.7. The van der Waals surface area contributed by atoms with Crippen LogP contribution in [0, 0.1) is 5.41 Å². The van der Waals surface area contributed by atoms with E-state index in [0.29, 0.717) is 16.6 Å². The van der Waals surface area contributed by atoms with Crippen LogP contribution in [0.4, 0.5) is 0 Å². The first-order valence-corrected chi connectivity index (χ1v) is 15.4. The summed E-state index contributed by atoms with van der Waals surface area (Å²) in [5, 5.41) is 14.1. The third-order valence-electron chi connectivity index (χ3n) is 6.58. The van der Waals surface area contributed by atoms with Gasteiger partial charge in [0.2, 0.25) is 5.91 Å². The zero-order valence-electron chi connectivity index (χ0n) is 21.7. The molecule has 1 aromatic carbocycles. The van der Waals surface area contributed by atoms with Crippen LogP contribution in [0.15, 0.2) is 56.9 Å². The van der Waals surface area contributed by atoms with Gasteiger partial charge in [-0.3, -0.25) is 4.79 Å². The predicted molar refractivity (Wildman–Crippen MR) is 140 cm³/mol. The summed E-state index contributed by atoms with van der Waals surface area (Å²) in [5.74, 6) is 0.545. The van der Waals surface area contributed by atoms with Crippen molar-refractivity contribution in [3.63, 3.8) is 0 Å². The van der Waals surface area contributed by atoms with Gasteiger partial charge in [0.25, 0.3) is 8.32 Å². The van der Waals surface area contributed by atoms with Gasteiger partial charge in [0, 0.05) is 17.9 Å². The molecule has 180 valence electrons. The van der Waals surface area contributed by atoms with Crippen molar-refractivity contribution >= 4 is 28.0 Å². The number of amides is 1. The Morgan fingerprint density at radius 2 is 1.58 bits per heavy atom. The lowest BCUT2D eigenvalue weighted by molar-refractivity contribution is -0.124. The van der Waals surface area contributed by atoms with Gasteiger partial charge >= 0.3 is 0 Å². The van der Waals surface area contributed by atoms with Crippen molar-refractivity contribution in [2.45, 2.75) is 91.6 Å². The quantitative estimate of drug-likeness (QED) is 0.233. The van der Waals surface area contributed by atoms with E-state index in [1.165, 1.54) is 0 Å². The monoisotopic (exact) mass is 486 g/mol. The molecule has 6 nitrogen and oxygen atoms in total. The maximum absolute atomic E-state index is 12.7. The van der Waals surface area contributed by atoms with Crippen molar-refractivity contribution in [3.8, 4) is 0 Å². The summed E-state index contributed by atoms with van der Waals surface area (Å²) in [6.45, 7) is 21.8. The molecule has 1 aromatic rings. The summed E-state index contributed by atoms with van der Waals surface area (Å²) < 4.78 is 8.86. The van der Waals surface area contributed by atoms with Crippen LogP contribution in [-0.2, 0) is 9.22 Å². The fourth-order valence-electron chi connectivity index (χ4n) is 5.14. The first-order chi connectivity index (χ1) is 15.3. The van der Waals surface area contributed by atoms with Gasteiger partial charge in [0.1, 0.15) is 25.0 Å². The number of hydrogen-bond acceptors (Lipinski definition) is 5. The minimum Gasteiger partial charge on any atom is -0.544 e. The fraction of sp³-hybridized carbons (Fsp3) is 0.600. The molecule has 2 atom stereocenters. The molecule has 33 heavy (non-hydrogen) atoms. The van der Waals surface area contributed by atoms with E-state index in [4.69, 9.17) is 14.6 Å². The van der Waals surface area contributed by atoms with Gasteiger partial charge in [-0.2, -0.15) is 10.2 Å². The van der Waals surface area contributed by atoms with E-state index in [2.05, 4.69) is 67.4 Å². The number of hydrogen-bond donors (Lipinski definition) is 0. The largest absolute Gasteiger partial charge is 0.544 e. The summed E-state index contributed by atoms with van der Waals surface area (Å²) in [6.07, 6.45) is 0. The van der Waals surface area contributed by atoms with Crippen molar-refractivity contribution in [1.29, 1.82) is 0 Å². The highest BCUT2D eigenvalue weighted by Crippen LogP contribution is 2.65. The maximum Gasteiger partial charge on any atom is 0.258 e. The highest BCUT2D eigenvalue weighted by atomic mass is 31.1. The number of carbonyl (C=O) groups is 1. The topological polar surface area (TPSA) is 66.6 Å². The Labute approximate surface area is 201 Å². The molecular formula is C25H39N4O2PSi. The normalized spacial score (nSPS) is 22.3. The highest BCUT2D eigenvalue weighted by molar-refractivity contribution is 7.62. The fourth-order valence-corrected chi connectivity index (χ4v) is 13.1. The molecule has 0 spiro atoms. The van der Waals surface area contributed by atoms with Gasteiger partial charge in [-0.15, -0.1) is 5.11 Å². The van der Waals surface area contributed by atoms with Gasteiger partial charge in [0.05, 0.1) is 0 Å². The molecule has 0 saturated carbocycles. The molecule has 0 unspecified atom stereocenters. The molecule has 3 rings (SSSR count). The molecule has 0 N–H and O–H groups in total. The number of allylic oxidation sites excluding steroid dienone is 1. The molecule has 2 aliphatic rings. The lowest BCUT2D eigenvalue weighted by Gasteiger charge is -2.45. The van der Waals surface area contributed by atoms with Crippen LogP contribution in [0.5, 0.6) is 0 Å². The molecule has 0 radical (unpaired) electrons. The Kier molecular flexibility index (Phi) is 7.35. The van der Waals surface area contributed by atoms with Crippen molar-refractivity contribution in [3.05, 3.63) is 47.1 Å². The van der Waals surface area contributed by atoms with E-state index < -0.39 is 16.4 Å². The van der Waals surface area contributed by atoms with E-state index in [1.54, 1.807) is 11.7 Å². The molecule has 8 heteroatoms. The lowest BCUT2D eigenvalue weighted by atomic mass is 9.94. The van der Waals surface area contributed by atoms with E-state index >= 15 is 0 Å². The average Bonchev–Trinajstić information content (AvgIpc) is 3.28. The van der Waals surface area contributed by atoms with Gasteiger partial charge in [-0.05, 0) is 16.6 Å². The number of azo groups is 1. The van der Waals surface area contributed by atoms with Crippen LogP contribution in [0.2, 0.25) is 16.6 Å². The van der Waals surface area contributed by atoms with Crippen molar-refractivity contribution in [2.75, 3.05) is 0 Å². The maximum atomic E-state index is 12.7. The van der Waals surface area contributed by atoms with Crippen molar-refractivity contribution in [1.82, 2.24) is 4.78 Å². The summed E-state index contributed by atoms with van der Waals surface area (Å²) in [5.41, 5.74) is 3.62. The van der Waals surface area contributed by atoms with Crippen LogP contribution >= 0.6 is 8.07 Å². The smallest absolute Gasteiger partial charge is 0.258 e. The molecule has 0 aliphatic carbocycles. The summed E-state index contributed by atoms with van der Waals surface area (Å²) in [6, 6.07) is 9.98. The van der Waals surface area contributed by atoms with Gasteiger partial charge in [-0.1, -0.05) is 92.6 Å². The third-order valence-corrected chi connectivity index (χ3v) is 14.9. The van der Waals surface area contributed by atoms with Crippen LogP contribution in [0.3, 0.4) is 0 Å². The Morgan fingerprint density at radius 1 is 1.03 bits per heavy atom. The first kappa shape index (κ1) is 25.8. The van der Waals surface area contributed by atoms with Crippen molar-refractivity contribution in [2.24, 2.45) is 20.7 Å². The van der Waals surface area contributed by atoms with E-state index in [1.807, 2.05) is 30.3 Å². The molecule has 2 aliphatic heterocycles. The standard InChI is InChI=1S/C25H39N4O2PSi/c1-16(2)33(17(3)4,18(5)6)31-22(25(8,9)10)24-27-26-23-21(20-14-12-11-13-15-20)28-29(19(7)30)32(23)24/h11-18,23H,1-10H3/b24-22+/t23-,32+/m1/s1. The first-order valence-electron chi connectivity index (χ1n) is 11.9. The molecule has 2 heterocycles. The van der Waals surface area contributed by atoms with Gasteiger partial charge in [0.15, 0.2) is 5.78 Å². The zero-order valence-corrected chi connectivity index (χ0v) is 23.6. The Balaban J connectivity index is 2.16. The molecule has 1 amide bonds. The number of benzene rings is 1. The van der Waals surface area contributed by atoms with E-state index in [-0.39, 0.29) is 17.1 Å². The highest BCUT2D eigenvalue weighted by Gasteiger charge is 2.53. The number of hydrazone groups is 1. The molecule has 0 fully saturated rings. The number of nitrogens with zero attached hydrogens (tertiary/aromatic N) is 4. The second-order valence-corrected chi connectivity index (χ2v) is 18.3. The summed E-state index contributed by atoms with van der Waals surface area (Å²) >= 11 is 0. The number of carbonyl (C=O) groups excluding carboxylic acids is 1. The molecular weight excluding hydrogens is 447 g/mol. The van der Waals surface area contributed by atoms with Crippen LogP contribution in [-0.4, -0.2) is 30.5 Å². The molecule has 0 aromatic heterocycles. The van der Waals surface area contributed by atoms with Gasteiger partial charge in [-0.25, -0.2) is 4.78 Å². The van der Waals surface area contributed by atoms with Crippen LogP contribution in [0.25, 0.3) is 0 Å². The van der Waals surface area contributed by atoms with Crippen LogP contribution < -0.4 is 0 Å². The second kappa shape index (κ2) is 9.42. The van der Waals surface area contributed by atoms with E-state index in [0.717, 1.165) is 22.5 Å². The number of rotatable bonds is 6. The van der Waals surface area contributed by atoms with E-state index in [9.17, 15) is 4.79 Å². The second-order valence-electron chi connectivity index (χ2n) is 10.9. The Hall–Kier alpha value is -1.85. The van der Waals surface area contributed by atoms with Crippen molar-refractivity contribution < 1.29 is 9.22 Å². The molecule has 0 saturated heterocycles. The van der Waals surface area contributed by atoms with Gasteiger partial charge < -0.3 is 4.43 Å². The third kappa shape index (κ3) is 4.59. The minimum atomic E-state index is -2.23. The summed E-state index contributed by atoms with van der Waals surface area (Å²) in [4.78, 5) is 12.7. The molecule has 0 bridgehead atoms.